The molecule has 0 atom stereocenters. The zero-order valence-corrected chi connectivity index (χ0v) is 9.79. The van der Waals surface area contributed by atoms with Crippen molar-refractivity contribution in [3.05, 3.63) is 11.6 Å². The molecule has 1 rings (SSSR count). The molecule has 1 fully saturated rings. The molecule has 1 saturated carbocycles. The van der Waals surface area contributed by atoms with E-state index in [2.05, 4.69) is 11.9 Å². The fourth-order valence-corrected chi connectivity index (χ4v) is 2.00. The third-order valence-electron chi connectivity index (χ3n) is 2.90. The highest BCUT2D eigenvalue weighted by molar-refractivity contribution is 6.29. The quantitative estimate of drug-likeness (QED) is 0.793. The Bertz CT molecular complexity index is 296. The number of aliphatic carboxylic acids is 1. The Hall–Kier alpha value is -1.03. The number of carboxylic acids is 1. The van der Waals surface area contributed by atoms with Crippen LogP contribution in [0, 0.1) is 11.8 Å². The SMILES string of the molecule is C=C(Cl)CNC(=O)C1CCC(C(=O)O)CC1. The number of carbonyl (C=O) groups excluding carboxylic acids is 1. The molecule has 1 amide bonds. The molecule has 0 aromatic rings. The van der Waals surface area contributed by atoms with E-state index in [0.717, 1.165) is 0 Å². The molecule has 0 aromatic heterocycles. The van der Waals surface area contributed by atoms with Crippen LogP contribution in [-0.2, 0) is 9.59 Å². The lowest BCUT2D eigenvalue weighted by Crippen LogP contribution is -2.34. The Kier molecular flexibility index (Phi) is 4.80. The van der Waals surface area contributed by atoms with Crippen molar-refractivity contribution < 1.29 is 14.7 Å². The maximum Gasteiger partial charge on any atom is 0.306 e. The van der Waals surface area contributed by atoms with Gasteiger partial charge in [-0.3, -0.25) is 9.59 Å². The van der Waals surface area contributed by atoms with Crippen LogP contribution in [0.1, 0.15) is 25.7 Å². The van der Waals surface area contributed by atoms with Crippen LogP contribution >= 0.6 is 11.6 Å². The van der Waals surface area contributed by atoms with Crippen molar-refractivity contribution in [1.82, 2.24) is 5.32 Å². The molecular weight excluding hydrogens is 230 g/mol. The highest BCUT2D eigenvalue weighted by Crippen LogP contribution is 2.28. The standard InChI is InChI=1S/C11H16ClNO3/c1-7(12)6-13-10(14)8-2-4-9(5-3-8)11(15)16/h8-9H,1-6H2,(H,13,14)(H,15,16). The van der Waals surface area contributed by atoms with Crippen LogP contribution in [0.5, 0.6) is 0 Å². The van der Waals surface area contributed by atoms with Gasteiger partial charge in [-0.15, -0.1) is 0 Å². The van der Waals surface area contributed by atoms with Crippen molar-refractivity contribution in [2.24, 2.45) is 11.8 Å². The molecule has 0 radical (unpaired) electrons. The largest absolute Gasteiger partial charge is 0.481 e. The van der Waals surface area contributed by atoms with Gasteiger partial charge in [-0.25, -0.2) is 0 Å². The monoisotopic (exact) mass is 245 g/mol. The minimum Gasteiger partial charge on any atom is -0.481 e. The molecule has 0 saturated heterocycles. The van der Waals surface area contributed by atoms with Crippen LogP contribution in [0.15, 0.2) is 11.6 Å². The summed E-state index contributed by atoms with van der Waals surface area (Å²) in [6.45, 7) is 3.76. The van der Waals surface area contributed by atoms with Crippen molar-refractivity contribution in [2.45, 2.75) is 25.7 Å². The third kappa shape index (κ3) is 3.85. The topological polar surface area (TPSA) is 66.4 Å². The first-order valence-electron chi connectivity index (χ1n) is 5.34. The van der Waals surface area contributed by atoms with Crippen LogP contribution in [0.4, 0.5) is 0 Å². The Labute approximate surface area is 99.7 Å². The lowest BCUT2D eigenvalue weighted by Gasteiger charge is -2.25. The normalized spacial score (nSPS) is 24.8. The van der Waals surface area contributed by atoms with Gasteiger partial charge in [0.2, 0.25) is 5.91 Å². The van der Waals surface area contributed by atoms with Gasteiger partial charge in [0.25, 0.3) is 0 Å². The fraction of sp³-hybridized carbons (Fsp3) is 0.636. The van der Waals surface area contributed by atoms with E-state index in [9.17, 15) is 9.59 Å². The number of nitrogens with one attached hydrogen (secondary N) is 1. The number of amides is 1. The van der Waals surface area contributed by atoms with E-state index in [0.29, 0.717) is 30.7 Å². The molecule has 4 nitrogen and oxygen atoms in total. The van der Waals surface area contributed by atoms with Gasteiger partial charge in [0, 0.05) is 11.0 Å². The van der Waals surface area contributed by atoms with Crippen molar-refractivity contribution in [2.75, 3.05) is 6.54 Å². The van der Waals surface area contributed by atoms with Gasteiger partial charge in [0.15, 0.2) is 0 Å². The van der Waals surface area contributed by atoms with E-state index in [1.807, 2.05) is 0 Å². The maximum absolute atomic E-state index is 11.6. The summed E-state index contributed by atoms with van der Waals surface area (Å²) in [6, 6.07) is 0. The summed E-state index contributed by atoms with van der Waals surface area (Å²) in [7, 11) is 0. The average Bonchev–Trinajstić information content (AvgIpc) is 2.26. The summed E-state index contributed by atoms with van der Waals surface area (Å²) < 4.78 is 0. The van der Waals surface area contributed by atoms with Crippen molar-refractivity contribution >= 4 is 23.5 Å². The smallest absolute Gasteiger partial charge is 0.306 e. The first kappa shape index (κ1) is 13.0. The lowest BCUT2D eigenvalue weighted by molar-refractivity contribution is -0.144. The lowest BCUT2D eigenvalue weighted by atomic mass is 9.81. The molecule has 0 heterocycles. The summed E-state index contributed by atoms with van der Waals surface area (Å²) in [4.78, 5) is 22.3. The minimum absolute atomic E-state index is 0.0503. The van der Waals surface area contributed by atoms with E-state index in [-0.39, 0.29) is 24.3 Å². The van der Waals surface area contributed by atoms with Gasteiger partial charge >= 0.3 is 5.97 Å². The molecular formula is C11H16ClNO3. The Morgan fingerprint density at radius 1 is 1.25 bits per heavy atom. The van der Waals surface area contributed by atoms with Gasteiger partial charge in [-0.1, -0.05) is 18.2 Å². The number of carboxylic acid groups (broad SMARTS) is 1. The number of halogens is 1. The maximum atomic E-state index is 11.6. The molecule has 1 aliphatic carbocycles. The molecule has 0 unspecified atom stereocenters. The highest BCUT2D eigenvalue weighted by Gasteiger charge is 2.29. The molecule has 16 heavy (non-hydrogen) atoms. The molecule has 5 heteroatoms. The molecule has 0 bridgehead atoms. The van der Waals surface area contributed by atoms with Crippen molar-refractivity contribution in [1.29, 1.82) is 0 Å². The van der Waals surface area contributed by atoms with Crippen LogP contribution in [0.2, 0.25) is 0 Å². The summed E-state index contributed by atoms with van der Waals surface area (Å²) in [5.74, 6) is -1.17. The van der Waals surface area contributed by atoms with E-state index in [1.54, 1.807) is 0 Å². The summed E-state index contributed by atoms with van der Waals surface area (Å²) >= 11 is 5.54. The van der Waals surface area contributed by atoms with Crippen LogP contribution in [-0.4, -0.2) is 23.5 Å². The van der Waals surface area contributed by atoms with E-state index in [4.69, 9.17) is 16.7 Å². The van der Waals surface area contributed by atoms with Crippen LogP contribution in [0.3, 0.4) is 0 Å². The van der Waals surface area contributed by atoms with Gasteiger partial charge in [-0.2, -0.15) is 0 Å². The second kappa shape index (κ2) is 5.89. The van der Waals surface area contributed by atoms with E-state index >= 15 is 0 Å². The fourth-order valence-electron chi connectivity index (χ4n) is 1.93. The Morgan fingerprint density at radius 2 is 1.75 bits per heavy atom. The summed E-state index contributed by atoms with van der Waals surface area (Å²) in [6.07, 6.45) is 2.43. The van der Waals surface area contributed by atoms with Gasteiger partial charge in [-0.05, 0) is 25.7 Å². The predicted molar refractivity (Wildman–Crippen MR) is 61.1 cm³/mol. The zero-order valence-electron chi connectivity index (χ0n) is 9.04. The molecule has 0 aromatic carbocycles. The first-order valence-corrected chi connectivity index (χ1v) is 5.72. The first-order chi connectivity index (χ1) is 7.50. The average molecular weight is 246 g/mol. The van der Waals surface area contributed by atoms with E-state index < -0.39 is 5.97 Å². The van der Waals surface area contributed by atoms with Crippen LogP contribution < -0.4 is 5.32 Å². The number of rotatable bonds is 4. The molecule has 1 aliphatic rings. The zero-order chi connectivity index (χ0) is 12.1. The number of hydrogen-bond acceptors (Lipinski definition) is 2. The second-order valence-electron chi connectivity index (χ2n) is 4.12. The van der Waals surface area contributed by atoms with Crippen molar-refractivity contribution in [3.8, 4) is 0 Å². The van der Waals surface area contributed by atoms with Gasteiger partial charge in [0.05, 0.1) is 12.5 Å². The Morgan fingerprint density at radius 3 is 2.19 bits per heavy atom. The summed E-state index contributed by atoms with van der Waals surface area (Å²) in [5.41, 5.74) is 0. The number of carbonyl (C=O) groups is 2. The van der Waals surface area contributed by atoms with Crippen LogP contribution in [0.25, 0.3) is 0 Å². The number of hydrogen-bond donors (Lipinski definition) is 2. The van der Waals surface area contributed by atoms with Gasteiger partial charge < -0.3 is 10.4 Å². The second-order valence-corrected chi connectivity index (χ2v) is 4.66. The molecule has 0 spiro atoms. The minimum atomic E-state index is -0.756. The molecule has 90 valence electrons. The van der Waals surface area contributed by atoms with E-state index in [1.165, 1.54) is 0 Å². The Balaban J connectivity index is 2.33. The molecule has 2 N–H and O–H groups in total. The predicted octanol–water partition coefficient (Wildman–Crippen LogP) is 1.75. The molecule has 0 aliphatic heterocycles. The third-order valence-corrected chi connectivity index (χ3v) is 3.04. The highest BCUT2D eigenvalue weighted by atomic mass is 35.5. The van der Waals surface area contributed by atoms with Gasteiger partial charge in [0.1, 0.15) is 0 Å². The summed E-state index contributed by atoms with van der Waals surface area (Å²) in [5, 5.41) is 11.9. The van der Waals surface area contributed by atoms with Crippen molar-refractivity contribution in [3.63, 3.8) is 0 Å².